The Hall–Kier alpha value is -0.950. The molecule has 0 aromatic heterocycles. The number of fused-ring (bicyclic) bond motifs is 2. The van der Waals surface area contributed by atoms with Gasteiger partial charge < -0.3 is 4.74 Å². The van der Waals surface area contributed by atoms with E-state index in [9.17, 15) is 8.42 Å². The topological polar surface area (TPSA) is 49.9 Å². The zero-order valence-corrected chi connectivity index (χ0v) is 14.4. The third-order valence-corrected chi connectivity index (χ3v) is 7.43. The normalized spacial score (nSPS) is 28.7. The number of sulfonamides is 1. The van der Waals surface area contributed by atoms with E-state index in [0.717, 1.165) is 37.1 Å². The van der Waals surface area contributed by atoms with E-state index in [1.54, 1.807) is 10.4 Å². The second-order valence-corrected chi connectivity index (χ2v) is 8.74. The molecular formula is C17H24N2O3S. The van der Waals surface area contributed by atoms with Crippen LogP contribution in [0.15, 0.2) is 23.1 Å². The van der Waals surface area contributed by atoms with E-state index in [4.69, 9.17) is 4.74 Å². The first-order valence-corrected chi connectivity index (χ1v) is 9.99. The Morgan fingerprint density at radius 1 is 1.22 bits per heavy atom. The van der Waals surface area contributed by atoms with Gasteiger partial charge in [-0.3, -0.25) is 4.90 Å². The lowest BCUT2D eigenvalue weighted by molar-refractivity contribution is 0.106. The van der Waals surface area contributed by atoms with Crippen molar-refractivity contribution in [3.63, 3.8) is 0 Å². The van der Waals surface area contributed by atoms with Crippen molar-refractivity contribution in [2.75, 3.05) is 19.6 Å². The summed E-state index contributed by atoms with van der Waals surface area (Å²) in [5.74, 6) is 0. The van der Waals surface area contributed by atoms with E-state index in [2.05, 4.69) is 11.8 Å². The van der Waals surface area contributed by atoms with Crippen LogP contribution in [-0.4, -0.2) is 49.3 Å². The highest BCUT2D eigenvalue weighted by atomic mass is 32.2. The van der Waals surface area contributed by atoms with Crippen molar-refractivity contribution in [3.8, 4) is 0 Å². The second kappa shape index (κ2) is 5.84. The minimum atomic E-state index is -3.43. The molecule has 3 heterocycles. The molecule has 0 saturated carbocycles. The molecule has 1 aromatic rings. The number of benzene rings is 1. The molecule has 0 bridgehead atoms. The third-order valence-electron chi connectivity index (χ3n) is 5.51. The quantitative estimate of drug-likeness (QED) is 0.847. The molecule has 5 nitrogen and oxygen atoms in total. The van der Waals surface area contributed by atoms with Crippen LogP contribution in [0.2, 0.25) is 0 Å². The predicted molar refractivity (Wildman–Crippen MR) is 87.5 cm³/mol. The molecule has 0 aliphatic carbocycles. The molecule has 2 fully saturated rings. The molecule has 1 aromatic carbocycles. The minimum absolute atomic E-state index is 0.0823. The number of rotatable bonds is 3. The van der Waals surface area contributed by atoms with Crippen LogP contribution in [0.25, 0.3) is 0 Å². The average molecular weight is 336 g/mol. The summed E-state index contributed by atoms with van der Waals surface area (Å²) in [6, 6.07) is 5.94. The lowest BCUT2D eigenvalue weighted by atomic mass is 10.1. The largest absolute Gasteiger partial charge is 0.372 e. The van der Waals surface area contributed by atoms with Crippen LogP contribution in [0.3, 0.4) is 0 Å². The first-order valence-electron chi connectivity index (χ1n) is 8.55. The summed E-state index contributed by atoms with van der Waals surface area (Å²) in [5, 5.41) is 0. The van der Waals surface area contributed by atoms with Crippen molar-refractivity contribution in [2.24, 2.45) is 0 Å². The summed E-state index contributed by atoms with van der Waals surface area (Å²) in [7, 11) is -3.43. The summed E-state index contributed by atoms with van der Waals surface area (Å²) >= 11 is 0. The van der Waals surface area contributed by atoms with E-state index in [-0.39, 0.29) is 6.04 Å². The number of hydrogen-bond acceptors (Lipinski definition) is 4. The molecule has 2 atom stereocenters. The Bertz CT molecular complexity index is 704. The highest BCUT2D eigenvalue weighted by Crippen LogP contribution is 2.31. The number of ether oxygens (including phenoxy) is 1. The van der Waals surface area contributed by atoms with Gasteiger partial charge >= 0.3 is 0 Å². The van der Waals surface area contributed by atoms with Crippen molar-refractivity contribution in [3.05, 3.63) is 29.3 Å². The van der Waals surface area contributed by atoms with Gasteiger partial charge in [-0.15, -0.1) is 0 Å². The van der Waals surface area contributed by atoms with Gasteiger partial charge in [0.1, 0.15) is 0 Å². The fourth-order valence-electron chi connectivity index (χ4n) is 4.13. The van der Waals surface area contributed by atoms with Crippen molar-refractivity contribution in [1.29, 1.82) is 0 Å². The maximum absolute atomic E-state index is 13.2. The zero-order valence-electron chi connectivity index (χ0n) is 13.6. The highest BCUT2D eigenvalue weighted by Gasteiger charge is 2.41. The minimum Gasteiger partial charge on any atom is -0.372 e. The fourth-order valence-corrected chi connectivity index (χ4v) is 5.91. The highest BCUT2D eigenvalue weighted by molar-refractivity contribution is 7.89. The lowest BCUT2D eigenvalue weighted by Crippen LogP contribution is -2.57. The Morgan fingerprint density at radius 2 is 2.04 bits per heavy atom. The molecule has 0 amide bonds. The molecule has 4 rings (SSSR count). The van der Waals surface area contributed by atoms with Crippen LogP contribution in [0.4, 0.5) is 0 Å². The van der Waals surface area contributed by atoms with E-state index in [0.29, 0.717) is 30.7 Å². The number of hydrogen-bond donors (Lipinski definition) is 0. The van der Waals surface area contributed by atoms with E-state index in [1.165, 1.54) is 6.42 Å². The van der Waals surface area contributed by atoms with Crippen molar-refractivity contribution < 1.29 is 13.2 Å². The monoisotopic (exact) mass is 336 g/mol. The Kier molecular flexibility index (Phi) is 3.96. The molecule has 3 aliphatic rings. The molecule has 6 heteroatoms. The maximum Gasteiger partial charge on any atom is 0.243 e. The van der Waals surface area contributed by atoms with Gasteiger partial charge in [-0.25, -0.2) is 8.42 Å². The van der Waals surface area contributed by atoms with Crippen LogP contribution < -0.4 is 0 Å². The van der Waals surface area contributed by atoms with E-state index < -0.39 is 10.0 Å². The molecule has 2 unspecified atom stereocenters. The zero-order chi connectivity index (χ0) is 16.0. The summed E-state index contributed by atoms with van der Waals surface area (Å²) in [5.41, 5.74) is 2.12. The van der Waals surface area contributed by atoms with Crippen LogP contribution in [0.5, 0.6) is 0 Å². The van der Waals surface area contributed by atoms with Gasteiger partial charge in [0.05, 0.1) is 18.1 Å². The van der Waals surface area contributed by atoms with Gasteiger partial charge in [-0.2, -0.15) is 4.31 Å². The lowest BCUT2D eigenvalue weighted by Gasteiger charge is -2.42. The summed E-state index contributed by atoms with van der Waals surface area (Å²) in [6.45, 7) is 5.81. The summed E-state index contributed by atoms with van der Waals surface area (Å²) in [4.78, 5) is 2.89. The Morgan fingerprint density at radius 3 is 2.87 bits per heavy atom. The molecule has 0 N–H and O–H groups in total. The molecule has 3 aliphatic heterocycles. The van der Waals surface area contributed by atoms with Gasteiger partial charge in [0.25, 0.3) is 0 Å². The fraction of sp³-hybridized carbons (Fsp3) is 0.647. The standard InChI is InChI=1S/C17H24N2O3S/c1-2-15-9-18-7-3-4-16(18)10-19(15)23(20,21)17-6-5-13-11-22-12-14(13)8-17/h5-6,8,15-16H,2-4,7,9-12H2,1H3. The smallest absolute Gasteiger partial charge is 0.243 e. The Balaban J connectivity index is 1.66. The SMILES string of the molecule is CCC1CN2CCCC2CN1S(=O)(=O)c1ccc2c(c1)COC2. The number of piperazine rings is 1. The molecule has 0 spiro atoms. The van der Waals surface area contributed by atoms with Gasteiger partial charge in [-0.1, -0.05) is 13.0 Å². The van der Waals surface area contributed by atoms with Crippen LogP contribution in [0, 0.1) is 0 Å². The molecule has 2 saturated heterocycles. The van der Waals surface area contributed by atoms with Crippen LogP contribution >= 0.6 is 0 Å². The summed E-state index contributed by atoms with van der Waals surface area (Å²) < 4.78 is 33.6. The molecular weight excluding hydrogens is 312 g/mol. The molecule has 23 heavy (non-hydrogen) atoms. The van der Waals surface area contributed by atoms with Gasteiger partial charge in [0, 0.05) is 25.2 Å². The van der Waals surface area contributed by atoms with Crippen LogP contribution in [0.1, 0.15) is 37.3 Å². The van der Waals surface area contributed by atoms with E-state index in [1.807, 2.05) is 12.1 Å². The van der Waals surface area contributed by atoms with Gasteiger partial charge in [-0.05, 0) is 49.1 Å². The molecule has 126 valence electrons. The van der Waals surface area contributed by atoms with E-state index >= 15 is 0 Å². The van der Waals surface area contributed by atoms with Gasteiger partial charge in [0.15, 0.2) is 0 Å². The van der Waals surface area contributed by atoms with Crippen molar-refractivity contribution in [1.82, 2.24) is 9.21 Å². The van der Waals surface area contributed by atoms with Crippen LogP contribution in [-0.2, 0) is 28.0 Å². The number of nitrogens with zero attached hydrogens (tertiary/aromatic N) is 2. The summed E-state index contributed by atoms with van der Waals surface area (Å²) in [6.07, 6.45) is 3.15. The molecule has 0 radical (unpaired) electrons. The first kappa shape index (κ1) is 15.6. The Labute approximate surface area is 138 Å². The third kappa shape index (κ3) is 2.61. The maximum atomic E-state index is 13.2. The van der Waals surface area contributed by atoms with Gasteiger partial charge in [0.2, 0.25) is 10.0 Å². The van der Waals surface area contributed by atoms with Crippen molar-refractivity contribution in [2.45, 2.75) is 56.4 Å². The average Bonchev–Trinajstić information content (AvgIpc) is 3.20. The second-order valence-electron chi connectivity index (χ2n) is 6.85. The first-order chi connectivity index (χ1) is 11.1. The predicted octanol–water partition coefficient (Wildman–Crippen LogP) is 1.96. The van der Waals surface area contributed by atoms with Crippen molar-refractivity contribution >= 4 is 10.0 Å².